The monoisotopic (exact) mass is 368 g/mol. The maximum atomic E-state index is 12.8. The molecule has 5 nitrogen and oxygen atoms in total. The van der Waals surface area contributed by atoms with Crippen LogP contribution in [0, 0.1) is 6.92 Å². The molecule has 0 bridgehead atoms. The Hall–Kier alpha value is -2.86. The average Bonchev–Trinajstić information content (AvgIpc) is 2.87. The number of methoxy groups -OCH3 is 2. The van der Waals surface area contributed by atoms with E-state index in [9.17, 15) is 4.79 Å². The fourth-order valence-electron chi connectivity index (χ4n) is 2.76. The summed E-state index contributed by atoms with van der Waals surface area (Å²) >= 11 is 5.49. The SMILES string of the molecule is COc1ccc(C=C2C(=O)N(C)C(=S)N2c2ccc(C)cc2)c(OC)c1. The Bertz CT molecular complexity index is 890. The topological polar surface area (TPSA) is 42.0 Å². The van der Waals surface area contributed by atoms with E-state index in [1.807, 2.05) is 43.3 Å². The molecule has 1 aliphatic heterocycles. The first-order chi connectivity index (χ1) is 12.5. The minimum absolute atomic E-state index is 0.159. The molecule has 0 aliphatic carbocycles. The highest BCUT2D eigenvalue weighted by Crippen LogP contribution is 2.32. The van der Waals surface area contributed by atoms with Crippen molar-refractivity contribution in [3.05, 3.63) is 59.3 Å². The van der Waals surface area contributed by atoms with E-state index < -0.39 is 0 Å². The molecular formula is C20H20N2O3S. The number of anilines is 1. The molecule has 1 heterocycles. The largest absolute Gasteiger partial charge is 0.497 e. The van der Waals surface area contributed by atoms with E-state index in [1.54, 1.807) is 38.3 Å². The van der Waals surface area contributed by atoms with E-state index in [0.717, 1.165) is 16.8 Å². The number of carbonyl (C=O) groups excluding carboxylic acids is 1. The minimum Gasteiger partial charge on any atom is -0.497 e. The van der Waals surface area contributed by atoms with Gasteiger partial charge in [-0.05, 0) is 49.5 Å². The van der Waals surface area contributed by atoms with E-state index in [-0.39, 0.29) is 5.91 Å². The number of aryl methyl sites for hydroxylation is 1. The van der Waals surface area contributed by atoms with E-state index in [2.05, 4.69) is 0 Å². The Morgan fingerprint density at radius 2 is 1.73 bits per heavy atom. The van der Waals surface area contributed by atoms with Crippen molar-refractivity contribution in [2.75, 3.05) is 26.2 Å². The summed E-state index contributed by atoms with van der Waals surface area (Å²) in [5.41, 5.74) is 3.23. The Labute approximate surface area is 158 Å². The van der Waals surface area contributed by atoms with Gasteiger partial charge >= 0.3 is 0 Å². The Morgan fingerprint density at radius 1 is 1.04 bits per heavy atom. The molecule has 0 saturated carbocycles. The Balaban J connectivity index is 2.11. The average molecular weight is 368 g/mol. The van der Waals surface area contributed by atoms with E-state index in [4.69, 9.17) is 21.7 Å². The highest BCUT2D eigenvalue weighted by molar-refractivity contribution is 7.80. The van der Waals surface area contributed by atoms with Crippen molar-refractivity contribution in [2.45, 2.75) is 6.92 Å². The van der Waals surface area contributed by atoms with Crippen molar-refractivity contribution < 1.29 is 14.3 Å². The first-order valence-electron chi connectivity index (χ1n) is 8.08. The van der Waals surface area contributed by atoms with Crippen LogP contribution in [-0.4, -0.2) is 37.2 Å². The van der Waals surface area contributed by atoms with Gasteiger partial charge in [-0.3, -0.25) is 14.6 Å². The van der Waals surface area contributed by atoms with Crippen molar-refractivity contribution >= 4 is 35.0 Å². The van der Waals surface area contributed by atoms with Gasteiger partial charge in [0.25, 0.3) is 5.91 Å². The quantitative estimate of drug-likeness (QED) is 0.609. The predicted molar refractivity (Wildman–Crippen MR) is 107 cm³/mol. The summed E-state index contributed by atoms with van der Waals surface area (Å²) in [6.45, 7) is 2.02. The molecule has 6 heteroatoms. The third kappa shape index (κ3) is 3.15. The highest BCUT2D eigenvalue weighted by atomic mass is 32.1. The number of carbonyl (C=O) groups is 1. The van der Waals surface area contributed by atoms with Crippen LogP contribution in [0.3, 0.4) is 0 Å². The summed E-state index contributed by atoms with van der Waals surface area (Å²) < 4.78 is 10.7. The summed E-state index contributed by atoms with van der Waals surface area (Å²) in [5, 5.41) is 0.442. The van der Waals surface area contributed by atoms with Gasteiger partial charge in [-0.15, -0.1) is 0 Å². The van der Waals surface area contributed by atoms with Crippen molar-refractivity contribution in [1.82, 2.24) is 4.90 Å². The second kappa shape index (κ2) is 7.17. The van der Waals surface area contributed by atoms with E-state index in [1.165, 1.54) is 4.90 Å². The summed E-state index contributed by atoms with van der Waals surface area (Å²) in [5.74, 6) is 1.15. The zero-order valence-corrected chi connectivity index (χ0v) is 16.0. The molecule has 26 heavy (non-hydrogen) atoms. The third-order valence-electron chi connectivity index (χ3n) is 4.27. The van der Waals surface area contributed by atoms with Crippen molar-refractivity contribution in [3.63, 3.8) is 0 Å². The van der Waals surface area contributed by atoms with Gasteiger partial charge in [-0.1, -0.05) is 17.7 Å². The number of ether oxygens (including phenoxy) is 2. The lowest BCUT2D eigenvalue weighted by Crippen LogP contribution is -2.29. The molecule has 1 amide bonds. The number of amides is 1. The first-order valence-corrected chi connectivity index (χ1v) is 8.49. The number of hydrogen-bond acceptors (Lipinski definition) is 4. The van der Waals surface area contributed by atoms with Gasteiger partial charge in [-0.2, -0.15) is 0 Å². The molecule has 0 spiro atoms. The standard InChI is InChI=1S/C20H20N2O3S/c1-13-5-8-15(9-6-13)22-17(19(23)21(2)20(22)26)11-14-7-10-16(24-3)12-18(14)25-4/h5-12H,1-4H3. The molecule has 1 saturated heterocycles. The van der Waals surface area contributed by atoms with Crippen LogP contribution in [0.15, 0.2) is 48.2 Å². The van der Waals surface area contributed by atoms with Crippen LogP contribution < -0.4 is 14.4 Å². The molecule has 3 rings (SSSR count). The van der Waals surface area contributed by atoms with Gasteiger partial charge in [0.05, 0.1) is 14.2 Å². The molecule has 134 valence electrons. The normalized spacial score (nSPS) is 15.8. The molecule has 0 radical (unpaired) electrons. The number of thiocarbonyl (C=S) groups is 1. The molecule has 0 atom stereocenters. The number of nitrogens with zero attached hydrogens (tertiary/aromatic N) is 2. The maximum absolute atomic E-state index is 12.8. The van der Waals surface area contributed by atoms with Gasteiger partial charge in [0.2, 0.25) is 0 Å². The number of rotatable bonds is 4. The van der Waals surface area contributed by atoms with E-state index >= 15 is 0 Å². The number of benzene rings is 2. The lowest BCUT2D eigenvalue weighted by atomic mass is 10.1. The fraction of sp³-hybridized carbons (Fsp3) is 0.200. The van der Waals surface area contributed by atoms with E-state index in [0.29, 0.717) is 22.3 Å². The Morgan fingerprint density at radius 3 is 2.35 bits per heavy atom. The third-order valence-corrected chi connectivity index (χ3v) is 4.72. The fourth-order valence-corrected chi connectivity index (χ4v) is 3.05. The van der Waals surface area contributed by atoms with Crippen LogP contribution in [0.25, 0.3) is 6.08 Å². The van der Waals surface area contributed by atoms with Crippen LogP contribution in [0.2, 0.25) is 0 Å². The molecule has 0 N–H and O–H groups in total. The van der Waals surface area contributed by atoms with Gasteiger partial charge in [0, 0.05) is 24.4 Å². The lowest BCUT2D eigenvalue weighted by Gasteiger charge is -2.19. The summed E-state index contributed by atoms with van der Waals surface area (Å²) in [7, 11) is 4.86. The zero-order valence-electron chi connectivity index (χ0n) is 15.1. The van der Waals surface area contributed by atoms with Crippen LogP contribution in [-0.2, 0) is 4.79 Å². The Kier molecular flexibility index (Phi) is 4.95. The van der Waals surface area contributed by atoms with Crippen LogP contribution in [0.4, 0.5) is 5.69 Å². The van der Waals surface area contributed by atoms with Crippen molar-refractivity contribution in [3.8, 4) is 11.5 Å². The second-order valence-corrected chi connectivity index (χ2v) is 6.32. The molecule has 0 unspecified atom stereocenters. The minimum atomic E-state index is -0.159. The predicted octanol–water partition coefficient (Wildman–Crippen LogP) is 3.62. The summed E-state index contributed by atoms with van der Waals surface area (Å²) in [4.78, 5) is 16.0. The maximum Gasteiger partial charge on any atom is 0.276 e. The number of likely N-dealkylation sites (N-methyl/N-ethyl adjacent to an activating group) is 1. The van der Waals surface area contributed by atoms with Crippen molar-refractivity contribution in [2.24, 2.45) is 0 Å². The van der Waals surface area contributed by atoms with Crippen LogP contribution in [0.1, 0.15) is 11.1 Å². The first kappa shape index (κ1) is 17.9. The molecule has 0 aromatic heterocycles. The molecule has 2 aromatic carbocycles. The summed E-state index contributed by atoms with van der Waals surface area (Å²) in [6, 6.07) is 13.3. The highest BCUT2D eigenvalue weighted by Gasteiger charge is 2.36. The van der Waals surface area contributed by atoms with Gasteiger partial charge in [-0.25, -0.2) is 0 Å². The summed E-state index contributed by atoms with van der Waals surface area (Å²) in [6.07, 6.45) is 1.79. The van der Waals surface area contributed by atoms with Gasteiger partial charge < -0.3 is 9.47 Å². The van der Waals surface area contributed by atoms with Gasteiger partial charge in [0.1, 0.15) is 17.2 Å². The smallest absolute Gasteiger partial charge is 0.276 e. The molecule has 1 aliphatic rings. The van der Waals surface area contributed by atoms with Crippen LogP contribution in [0.5, 0.6) is 11.5 Å². The van der Waals surface area contributed by atoms with Crippen LogP contribution >= 0.6 is 12.2 Å². The molecule has 2 aromatic rings. The molecule has 1 fully saturated rings. The number of hydrogen-bond donors (Lipinski definition) is 0. The van der Waals surface area contributed by atoms with Gasteiger partial charge in [0.15, 0.2) is 5.11 Å². The lowest BCUT2D eigenvalue weighted by molar-refractivity contribution is -0.121. The van der Waals surface area contributed by atoms with Crippen molar-refractivity contribution in [1.29, 1.82) is 0 Å². The molecular weight excluding hydrogens is 348 g/mol. The zero-order chi connectivity index (χ0) is 18.8. The second-order valence-electron chi connectivity index (χ2n) is 5.96.